The summed E-state index contributed by atoms with van der Waals surface area (Å²) in [6.45, 7) is 1.55. The molecule has 0 fully saturated rings. The Kier molecular flexibility index (Phi) is 6.67. The largest absolute Gasteiger partial charge is 0.455 e. The average molecular weight is 412 g/mol. The summed E-state index contributed by atoms with van der Waals surface area (Å²) in [5.74, 6) is -0.726. The second kappa shape index (κ2) is 9.39. The number of anilines is 1. The first-order chi connectivity index (χ1) is 14.0. The number of carbonyl (C=O) groups excluding carboxylic acids is 2. The smallest absolute Gasteiger partial charge is 0.313 e. The molecular weight excluding hydrogens is 390 g/mol. The van der Waals surface area contributed by atoms with Crippen molar-refractivity contribution in [3.63, 3.8) is 0 Å². The highest BCUT2D eigenvalue weighted by atomic mass is 35.5. The normalized spacial score (nSPS) is 11.7. The van der Waals surface area contributed by atoms with E-state index in [1.165, 1.54) is 0 Å². The van der Waals surface area contributed by atoms with E-state index in [4.69, 9.17) is 16.3 Å². The minimum atomic E-state index is -0.424. The topological polar surface area (TPSA) is 73.2 Å². The molecule has 0 aliphatic heterocycles. The fourth-order valence-corrected chi connectivity index (χ4v) is 3.11. The zero-order valence-corrected chi connectivity index (χ0v) is 17.0. The van der Waals surface area contributed by atoms with Crippen LogP contribution in [-0.4, -0.2) is 28.3 Å². The Hall–Kier alpha value is -3.12. The number of carbonyl (C=O) groups is 2. The summed E-state index contributed by atoms with van der Waals surface area (Å²) in [4.78, 5) is 24.6. The van der Waals surface area contributed by atoms with Crippen LogP contribution in [0, 0.1) is 0 Å². The van der Waals surface area contributed by atoms with E-state index in [0.717, 1.165) is 11.1 Å². The lowest BCUT2D eigenvalue weighted by molar-refractivity contribution is -0.149. The number of nitrogens with zero attached hydrogens (tertiary/aromatic N) is 2. The monoisotopic (exact) mass is 411 g/mol. The van der Waals surface area contributed by atoms with Gasteiger partial charge >= 0.3 is 5.97 Å². The predicted octanol–water partition coefficient (Wildman–Crippen LogP) is 4.42. The minimum absolute atomic E-state index is 0.358. The molecule has 0 saturated carbocycles. The number of hydrogen-bond acceptors (Lipinski definition) is 4. The van der Waals surface area contributed by atoms with E-state index in [9.17, 15) is 9.59 Å². The van der Waals surface area contributed by atoms with Crippen LogP contribution in [0.25, 0.3) is 11.3 Å². The zero-order chi connectivity index (χ0) is 20.8. The Morgan fingerprint density at radius 1 is 1.14 bits per heavy atom. The van der Waals surface area contributed by atoms with Gasteiger partial charge in [-0.15, -0.1) is 0 Å². The minimum Gasteiger partial charge on any atom is -0.455 e. The van der Waals surface area contributed by atoms with Gasteiger partial charge in [0.05, 0.1) is 11.6 Å². The number of aromatic nitrogens is 2. The van der Waals surface area contributed by atoms with Crippen molar-refractivity contribution >= 4 is 29.3 Å². The number of aryl methyl sites for hydroxylation is 1. The SMILES string of the molecule is CC[C@H](C(=O)OCC(=O)Nc1cc(-c2ccc(Cl)cc2)nn1C)c1ccccc1. The number of rotatable bonds is 7. The molecule has 0 aliphatic rings. The van der Waals surface area contributed by atoms with Crippen LogP contribution in [0.15, 0.2) is 60.7 Å². The highest BCUT2D eigenvalue weighted by molar-refractivity contribution is 6.30. The summed E-state index contributed by atoms with van der Waals surface area (Å²) < 4.78 is 6.79. The molecule has 3 rings (SSSR count). The first-order valence-electron chi connectivity index (χ1n) is 9.29. The summed E-state index contributed by atoms with van der Waals surface area (Å²) >= 11 is 5.91. The maximum atomic E-state index is 12.4. The highest BCUT2D eigenvalue weighted by Crippen LogP contribution is 2.23. The molecule has 1 atom stereocenters. The lowest BCUT2D eigenvalue weighted by Gasteiger charge is -2.14. The first kappa shape index (κ1) is 20.6. The van der Waals surface area contributed by atoms with Crippen LogP contribution in [0.2, 0.25) is 5.02 Å². The molecule has 1 aromatic heterocycles. The molecule has 1 amide bonds. The predicted molar refractivity (Wildman–Crippen MR) is 113 cm³/mol. The van der Waals surface area contributed by atoms with Crippen LogP contribution < -0.4 is 5.32 Å². The molecule has 0 unspecified atom stereocenters. The molecular formula is C22H22ClN3O3. The van der Waals surface area contributed by atoms with Crippen LogP contribution in [0.3, 0.4) is 0 Å². The van der Waals surface area contributed by atoms with Crippen molar-refractivity contribution in [2.45, 2.75) is 19.3 Å². The molecule has 3 aromatic rings. The molecule has 1 N–H and O–H groups in total. The van der Waals surface area contributed by atoms with Crippen molar-refractivity contribution < 1.29 is 14.3 Å². The molecule has 7 heteroatoms. The van der Waals surface area contributed by atoms with Crippen molar-refractivity contribution in [1.29, 1.82) is 0 Å². The second-order valence-corrected chi connectivity index (χ2v) is 7.01. The zero-order valence-electron chi connectivity index (χ0n) is 16.3. The summed E-state index contributed by atoms with van der Waals surface area (Å²) in [5, 5.41) is 7.75. The number of amides is 1. The summed E-state index contributed by atoms with van der Waals surface area (Å²) in [6, 6.07) is 18.4. The van der Waals surface area contributed by atoms with E-state index in [-0.39, 0.29) is 6.61 Å². The molecule has 0 saturated heterocycles. The van der Waals surface area contributed by atoms with Crippen molar-refractivity contribution in [1.82, 2.24) is 9.78 Å². The molecule has 2 aromatic carbocycles. The Morgan fingerprint density at radius 2 is 1.83 bits per heavy atom. The fraction of sp³-hybridized carbons (Fsp3) is 0.227. The molecule has 150 valence electrons. The molecule has 1 heterocycles. The number of ether oxygens (including phenoxy) is 1. The van der Waals surface area contributed by atoms with Gasteiger partial charge in [-0.05, 0) is 24.1 Å². The lowest BCUT2D eigenvalue weighted by Crippen LogP contribution is -2.24. The van der Waals surface area contributed by atoms with Gasteiger partial charge in [-0.3, -0.25) is 14.3 Å². The molecule has 0 bridgehead atoms. The van der Waals surface area contributed by atoms with Crippen LogP contribution >= 0.6 is 11.6 Å². The lowest BCUT2D eigenvalue weighted by atomic mass is 9.97. The van der Waals surface area contributed by atoms with Gasteiger partial charge in [0, 0.05) is 23.7 Å². The van der Waals surface area contributed by atoms with E-state index in [2.05, 4.69) is 10.4 Å². The van der Waals surface area contributed by atoms with Crippen LogP contribution in [0.1, 0.15) is 24.8 Å². The number of benzene rings is 2. The van der Waals surface area contributed by atoms with Gasteiger partial charge < -0.3 is 10.1 Å². The first-order valence-corrected chi connectivity index (χ1v) is 9.67. The van der Waals surface area contributed by atoms with E-state index < -0.39 is 17.8 Å². The quantitative estimate of drug-likeness (QED) is 0.584. The third-order valence-electron chi connectivity index (χ3n) is 4.53. The van der Waals surface area contributed by atoms with Crippen molar-refractivity contribution in [3.05, 3.63) is 71.2 Å². The van der Waals surface area contributed by atoms with E-state index in [1.54, 1.807) is 29.9 Å². The van der Waals surface area contributed by atoms with Gasteiger partial charge in [-0.25, -0.2) is 0 Å². The highest BCUT2D eigenvalue weighted by Gasteiger charge is 2.21. The molecule has 0 spiro atoms. The van der Waals surface area contributed by atoms with Gasteiger partial charge in [-0.1, -0.05) is 61.0 Å². The van der Waals surface area contributed by atoms with Gasteiger partial charge in [0.1, 0.15) is 5.82 Å². The van der Waals surface area contributed by atoms with Crippen LogP contribution in [-0.2, 0) is 21.4 Å². The Bertz CT molecular complexity index is 984. The third kappa shape index (κ3) is 5.23. The average Bonchev–Trinajstić information content (AvgIpc) is 3.08. The standard InChI is InChI=1S/C22H22ClN3O3/c1-3-18(15-7-5-4-6-8-15)22(28)29-14-21(27)24-20-13-19(25-26(20)2)16-9-11-17(23)12-10-16/h4-13,18H,3,14H2,1-2H3,(H,24,27)/t18-/m0/s1. The number of hydrogen-bond donors (Lipinski definition) is 1. The maximum Gasteiger partial charge on any atom is 0.313 e. The Balaban J connectivity index is 1.59. The second-order valence-electron chi connectivity index (χ2n) is 6.57. The van der Waals surface area contributed by atoms with Gasteiger partial charge in [0.15, 0.2) is 6.61 Å². The van der Waals surface area contributed by atoms with Crippen molar-refractivity contribution in [2.75, 3.05) is 11.9 Å². The fourth-order valence-electron chi connectivity index (χ4n) is 2.99. The van der Waals surface area contributed by atoms with E-state index in [1.807, 2.05) is 49.4 Å². The summed E-state index contributed by atoms with van der Waals surface area (Å²) in [7, 11) is 1.73. The van der Waals surface area contributed by atoms with Gasteiger partial charge in [-0.2, -0.15) is 5.10 Å². The van der Waals surface area contributed by atoms with Crippen LogP contribution in [0.4, 0.5) is 5.82 Å². The maximum absolute atomic E-state index is 12.4. The van der Waals surface area contributed by atoms with Gasteiger partial charge in [0.2, 0.25) is 0 Å². The molecule has 0 aliphatic carbocycles. The molecule has 0 radical (unpaired) electrons. The molecule has 29 heavy (non-hydrogen) atoms. The Morgan fingerprint density at radius 3 is 2.48 bits per heavy atom. The summed E-state index contributed by atoms with van der Waals surface area (Å²) in [6.07, 6.45) is 0.594. The van der Waals surface area contributed by atoms with Crippen LogP contribution in [0.5, 0.6) is 0 Å². The molecule has 6 nitrogen and oxygen atoms in total. The van der Waals surface area contributed by atoms with E-state index >= 15 is 0 Å². The van der Waals surface area contributed by atoms with Crippen molar-refractivity contribution in [3.8, 4) is 11.3 Å². The van der Waals surface area contributed by atoms with E-state index in [0.29, 0.717) is 23.0 Å². The van der Waals surface area contributed by atoms with Gasteiger partial charge in [0.25, 0.3) is 5.91 Å². The number of halogens is 1. The number of esters is 1. The summed E-state index contributed by atoms with van der Waals surface area (Å²) in [5.41, 5.74) is 2.46. The van der Waals surface area contributed by atoms with Crippen molar-refractivity contribution in [2.24, 2.45) is 7.05 Å². The number of nitrogens with one attached hydrogen (secondary N) is 1. The third-order valence-corrected chi connectivity index (χ3v) is 4.78. The Labute approximate surface area is 174 Å².